The minimum Gasteiger partial charge on any atom is -0.291 e. The van der Waals surface area contributed by atoms with Gasteiger partial charge in [-0.05, 0) is 0 Å². The lowest BCUT2D eigenvalue weighted by Gasteiger charge is -2.01. The molecule has 0 aromatic heterocycles. The van der Waals surface area contributed by atoms with Crippen molar-refractivity contribution >= 4 is 5.78 Å². The van der Waals surface area contributed by atoms with E-state index in [9.17, 15) is 13.6 Å². The van der Waals surface area contributed by atoms with E-state index < -0.39 is 18.6 Å². The Labute approximate surface area is 69.0 Å². The van der Waals surface area contributed by atoms with Gasteiger partial charge in [-0.2, -0.15) is 0 Å². The van der Waals surface area contributed by atoms with E-state index in [-0.39, 0.29) is 5.56 Å². The molecule has 0 aliphatic carbocycles. The Bertz CT molecular complexity index is 258. The van der Waals surface area contributed by atoms with Crippen molar-refractivity contribution in [3.63, 3.8) is 0 Å². The molecule has 1 rings (SSSR count). The van der Waals surface area contributed by atoms with Crippen molar-refractivity contribution < 1.29 is 13.6 Å². The van der Waals surface area contributed by atoms with Gasteiger partial charge in [-0.3, -0.25) is 4.79 Å². The van der Waals surface area contributed by atoms with Gasteiger partial charge in [0.15, 0.2) is 12.0 Å². The quantitative estimate of drug-likeness (QED) is 0.635. The van der Waals surface area contributed by atoms with Crippen LogP contribution in [0.25, 0.3) is 0 Å². The summed E-state index contributed by atoms with van der Waals surface area (Å²) in [6.07, 6.45) is -2.02. The first-order chi connectivity index (χ1) is 5.75. The number of rotatable bonds is 3. The second kappa shape index (κ2) is 3.95. The minimum absolute atomic E-state index is 0.211. The fraction of sp³-hybridized carbons (Fsp3) is 0.222. The van der Waals surface area contributed by atoms with Crippen LogP contribution >= 0.6 is 0 Å². The van der Waals surface area contributed by atoms with E-state index >= 15 is 0 Å². The molecule has 1 aromatic rings. The standard InChI is InChI=1S/C9H8F2O/c10-6-8(11)9(12)7-4-2-1-3-5-7/h1-5,8H,6H2/t8-/m0/s1. The fourth-order valence-corrected chi connectivity index (χ4v) is 0.853. The molecule has 0 aliphatic heterocycles. The summed E-state index contributed by atoms with van der Waals surface area (Å²) in [6, 6.07) is 7.85. The molecule has 3 heteroatoms. The Balaban J connectivity index is 2.79. The summed E-state index contributed by atoms with van der Waals surface area (Å²) < 4.78 is 24.2. The second-order valence-corrected chi connectivity index (χ2v) is 2.35. The van der Waals surface area contributed by atoms with Gasteiger partial charge in [0, 0.05) is 5.56 Å². The molecule has 1 nitrogen and oxygen atoms in total. The molecule has 0 saturated heterocycles. The molecule has 0 radical (unpaired) electrons. The average molecular weight is 170 g/mol. The van der Waals surface area contributed by atoms with Gasteiger partial charge in [0.2, 0.25) is 0 Å². The first kappa shape index (κ1) is 8.84. The first-order valence-corrected chi connectivity index (χ1v) is 3.55. The monoisotopic (exact) mass is 170 g/mol. The van der Waals surface area contributed by atoms with Gasteiger partial charge < -0.3 is 0 Å². The van der Waals surface area contributed by atoms with Crippen molar-refractivity contribution in [1.29, 1.82) is 0 Å². The maximum atomic E-state index is 12.5. The second-order valence-electron chi connectivity index (χ2n) is 2.35. The molecule has 0 spiro atoms. The van der Waals surface area contributed by atoms with Crippen LogP contribution in [0.2, 0.25) is 0 Å². The number of carbonyl (C=O) groups excluding carboxylic acids is 1. The molecule has 1 aromatic carbocycles. The van der Waals surface area contributed by atoms with Crippen LogP contribution in [0, 0.1) is 0 Å². The molecule has 0 N–H and O–H groups in total. The highest BCUT2D eigenvalue weighted by molar-refractivity contribution is 5.99. The molecule has 0 aliphatic rings. The molecule has 1 atom stereocenters. The van der Waals surface area contributed by atoms with Gasteiger partial charge >= 0.3 is 0 Å². The summed E-state index contributed by atoms with van der Waals surface area (Å²) in [5.41, 5.74) is 0.211. The topological polar surface area (TPSA) is 17.1 Å². The van der Waals surface area contributed by atoms with Crippen molar-refractivity contribution in [2.75, 3.05) is 6.67 Å². The molecule has 0 unspecified atom stereocenters. The third kappa shape index (κ3) is 1.87. The lowest BCUT2D eigenvalue weighted by atomic mass is 10.1. The highest BCUT2D eigenvalue weighted by atomic mass is 19.2. The summed E-state index contributed by atoms with van der Waals surface area (Å²) in [6.45, 7) is -1.26. The molecule has 64 valence electrons. The van der Waals surface area contributed by atoms with Gasteiger partial charge in [-0.25, -0.2) is 8.78 Å². The SMILES string of the molecule is O=C(c1ccccc1)[C@@H](F)CF. The molecule has 0 amide bonds. The molecule has 0 heterocycles. The van der Waals surface area contributed by atoms with Crippen LogP contribution in [0.1, 0.15) is 10.4 Å². The lowest BCUT2D eigenvalue weighted by molar-refractivity contribution is 0.0850. The summed E-state index contributed by atoms with van der Waals surface area (Å²) >= 11 is 0. The summed E-state index contributed by atoms with van der Waals surface area (Å²) in [5.74, 6) is -0.793. The van der Waals surface area contributed by atoms with Gasteiger partial charge in [0.1, 0.15) is 6.67 Å². The maximum Gasteiger partial charge on any atom is 0.199 e. The Morgan fingerprint density at radius 2 is 1.92 bits per heavy atom. The molecule has 0 fully saturated rings. The van der Waals surface area contributed by atoms with Gasteiger partial charge in [0.25, 0.3) is 0 Å². The van der Waals surface area contributed by atoms with Crippen molar-refractivity contribution in [3.05, 3.63) is 35.9 Å². The van der Waals surface area contributed by atoms with Crippen molar-refractivity contribution in [3.8, 4) is 0 Å². The van der Waals surface area contributed by atoms with Crippen LogP contribution in [-0.2, 0) is 0 Å². The average Bonchev–Trinajstić information content (AvgIpc) is 2.17. The van der Waals surface area contributed by atoms with E-state index in [0.717, 1.165) is 0 Å². The maximum absolute atomic E-state index is 12.5. The predicted octanol–water partition coefficient (Wildman–Crippen LogP) is 2.18. The predicted molar refractivity (Wildman–Crippen MR) is 41.6 cm³/mol. The zero-order chi connectivity index (χ0) is 8.97. The zero-order valence-corrected chi connectivity index (χ0v) is 6.34. The minimum atomic E-state index is -2.02. The lowest BCUT2D eigenvalue weighted by Crippen LogP contribution is -2.17. The van der Waals surface area contributed by atoms with Crippen LogP contribution in [0.3, 0.4) is 0 Å². The van der Waals surface area contributed by atoms with Crippen LogP contribution in [-0.4, -0.2) is 18.6 Å². The number of benzene rings is 1. The van der Waals surface area contributed by atoms with E-state index in [1.165, 1.54) is 12.1 Å². The molecule has 0 bridgehead atoms. The van der Waals surface area contributed by atoms with Crippen molar-refractivity contribution in [1.82, 2.24) is 0 Å². The van der Waals surface area contributed by atoms with Gasteiger partial charge in [-0.1, -0.05) is 30.3 Å². The van der Waals surface area contributed by atoms with Crippen LogP contribution < -0.4 is 0 Å². The van der Waals surface area contributed by atoms with E-state index in [1.807, 2.05) is 0 Å². The number of ketones is 1. The Kier molecular flexibility index (Phi) is 2.91. The van der Waals surface area contributed by atoms with Gasteiger partial charge in [-0.15, -0.1) is 0 Å². The number of hydrogen-bond acceptors (Lipinski definition) is 1. The number of Topliss-reactive ketones (excluding diaryl/α,β-unsaturated/α-hetero) is 1. The smallest absolute Gasteiger partial charge is 0.199 e. The highest BCUT2D eigenvalue weighted by Crippen LogP contribution is 2.06. The van der Waals surface area contributed by atoms with E-state index in [4.69, 9.17) is 0 Å². The molecule has 0 saturated carbocycles. The number of alkyl halides is 2. The summed E-state index contributed by atoms with van der Waals surface area (Å²) in [4.78, 5) is 11.0. The number of hydrogen-bond donors (Lipinski definition) is 0. The number of carbonyl (C=O) groups is 1. The Morgan fingerprint density at radius 3 is 2.42 bits per heavy atom. The third-order valence-corrected chi connectivity index (χ3v) is 1.48. The van der Waals surface area contributed by atoms with E-state index in [2.05, 4.69) is 0 Å². The third-order valence-electron chi connectivity index (χ3n) is 1.48. The van der Waals surface area contributed by atoms with Crippen molar-refractivity contribution in [2.45, 2.75) is 6.17 Å². The van der Waals surface area contributed by atoms with E-state index in [0.29, 0.717) is 0 Å². The van der Waals surface area contributed by atoms with Crippen LogP contribution in [0.5, 0.6) is 0 Å². The fourth-order valence-electron chi connectivity index (χ4n) is 0.853. The van der Waals surface area contributed by atoms with Crippen LogP contribution in [0.15, 0.2) is 30.3 Å². The molecule has 12 heavy (non-hydrogen) atoms. The molecular weight excluding hydrogens is 162 g/mol. The summed E-state index contributed by atoms with van der Waals surface area (Å²) in [5, 5.41) is 0. The van der Waals surface area contributed by atoms with Crippen molar-refractivity contribution in [2.24, 2.45) is 0 Å². The molecular formula is C9H8F2O. The van der Waals surface area contributed by atoms with Crippen LogP contribution in [0.4, 0.5) is 8.78 Å². The Hall–Kier alpha value is -1.25. The van der Waals surface area contributed by atoms with Gasteiger partial charge in [0.05, 0.1) is 0 Å². The van der Waals surface area contributed by atoms with E-state index in [1.54, 1.807) is 18.2 Å². The summed E-state index contributed by atoms with van der Waals surface area (Å²) in [7, 11) is 0. The largest absolute Gasteiger partial charge is 0.291 e. The Morgan fingerprint density at radius 1 is 1.33 bits per heavy atom. The zero-order valence-electron chi connectivity index (χ0n) is 6.34. The first-order valence-electron chi connectivity index (χ1n) is 3.55. The number of halogens is 2. The normalized spacial score (nSPS) is 12.5. The highest BCUT2D eigenvalue weighted by Gasteiger charge is 2.17.